The second kappa shape index (κ2) is 8.70. The highest BCUT2D eigenvalue weighted by Crippen LogP contribution is 2.35. The summed E-state index contributed by atoms with van der Waals surface area (Å²) in [6, 6.07) is 7.81. The molecule has 0 atom stereocenters. The first kappa shape index (κ1) is 19.8. The van der Waals surface area contributed by atoms with E-state index in [1.807, 2.05) is 24.3 Å². The van der Waals surface area contributed by atoms with E-state index < -0.39 is 11.5 Å². The molecule has 0 aliphatic heterocycles. The van der Waals surface area contributed by atoms with Crippen molar-refractivity contribution in [3.8, 4) is 16.9 Å². The number of carbonyl (C=O) groups excluding carboxylic acids is 1. The number of aromatic hydroxyl groups is 1. The quantitative estimate of drug-likeness (QED) is 0.720. The van der Waals surface area contributed by atoms with E-state index in [9.17, 15) is 14.7 Å². The van der Waals surface area contributed by atoms with Crippen molar-refractivity contribution in [2.75, 3.05) is 6.61 Å². The van der Waals surface area contributed by atoms with E-state index in [4.69, 9.17) is 4.74 Å². The van der Waals surface area contributed by atoms with Crippen molar-refractivity contribution in [2.24, 2.45) is 0 Å². The van der Waals surface area contributed by atoms with Gasteiger partial charge < -0.3 is 14.8 Å². The summed E-state index contributed by atoms with van der Waals surface area (Å²) in [7, 11) is 0. The summed E-state index contributed by atoms with van der Waals surface area (Å²) < 4.78 is 4.94. The summed E-state index contributed by atoms with van der Waals surface area (Å²) in [6.07, 6.45) is 2.43. The van der Waals surface area contributed by atoms with Crippen LogP contribution in [0.3, 0.4) is 0 Å². The molecule has 5 heteroatoms. The van der Waals surface area contributed by atoms with Gasteiger partial charge in [-0.25, -0.2) is 4.79 Å². The molecule has 2 N–H and O–H groups in total. The molecule has 0 aliphatic rings. The van der Waals surface area contributed by atoms with Gasteiger partial charge in [0.15, 0.2) is 5.56 Å². The van der Waals surface area contributed by atoms with Crippen LogP contribution in [-0.4, -0.2) is 22.7 Å². The third-order valence-electron chi connectivity index (χ3n) is 4.37. The number of H-pyrrole nitrogens is 1. The van der Waals surface area contributed by atoms with Crippen LogP contribution in [-0.2, 0) is 11.2 Å². The maximum Gasteiger partial charge on any atom is 0.347 e. The lowest BCUT2D eigenvalue weighted by atomic mass is 9.93. The lowest BCUT2D eigenvalue weighted by Gasteiger charge is -2.16. The van der Waals surface area contributed by atoms with Crippen LogP contribution in [0.1, 0.15) is 68.1 Å². The Labute approximate surface area is 154 Å². The standard InChI is InChI=1S/C21H27NO4/c1-5-7-11-16-17(15-10-8-9-14(12-15)13(3)4)19(23)18(20(24)22-16)21(25)26-6-2/h8-10,12-13H,5-7,11H2,1-4H3,(H2,22,23,24). The van der Waals surface area contributed by atoms with Gasteiger partial charge in [-0.15, -0.1) is 0 Å². The Morgan fingerprint density at radius 1 is 1.27 bits per heavy atom. The fourth-order valence-corrected chi connectivity index (χ4v) is 2.94. The molecule has 0 spiro atoms. The number of benzene rings is 1. The SMILES string of the molecule is CCCCc1[nH]c(=O)c(C(=O)OCC)c(O)c1-c1cccc(C(C)C)c1. The lowest BCUT2D eigenvalue weighted by molar-refractivity contribution is 0.0521. The molecule has 140 valence electrons. The summed E-state index contributed by atoms with van der Waals surface area (Å²) in [5.41, 5.74) is 2.09. The van der Waals surface area contributed by atoms with Gasteiger partial charge in [-0.3, -0.25) is 4.79 Å². The molecule has 0 bridgehead atoms. The summed E-state index contributed by atoms with van der Waals surface area (Å²) in [6.45, 7) is 8.03. The van der Waals surface area contributed by atoms with E-state index in [0.717, 1.165) is 24.0 Å². The predicted octanol–water partition coefficient (Wildman–Crippen LogP) is 4.39. The highest BCUT2D eigenvalue weighted by Gasteiger charge is 2.24. The van der Waals surface area contributed by atoms with Gasteiger partial charge in [0.25, 0.3) is 5.56 Å². The molecule has 1 aromatic carbocycles. The van der Waals surface area contributed by atoms with Crippen molar-refractivity contribution in [1.82, 2.24) is 4.98 Å². The van der Waals surface area contributed by atoms with Gasteiger partial charge in [-0.1, -0.05) is 51.5 Å². The molecule has 1 heterocycles. The monoisotopic (exact) mass is 357 g/mol. The van der Waals surface area contributed by atoms with Crippen molar-refractivity contribution in [2.45, 2.75) is 52.9 Å². The highest BCUT2D eigenvalue weighted by molar-refractivity contribution is 5.95. The number of ether oxygens (including phenoxy) is 1. The maximum atomic E-state index is 12.4. The smallest absolute Gasteiger partial charge is 0.347 e. The number of aromatic nitrogens is 1. The first-order valence-corrected chi connectivity index (χ1v) is 9.16. The van der Waals surface area contributed by atoms with E-state index in [2.05, 4.69) is 25.8 Å². The van der Waals surface area contributed by atoms with Crippen LogP contribution in [0.2, 0.25) is 0 Å². The van der Waals surface area contributed by atoms with Crippen molar-refractivity contribution in [1.29, 1.82) is 0 Å². The molecule has 0 fully saturated rings. The third kappa shape index (κ3) is 4.15. The number of nitrogens with one attached hydrogen (secondary N) is 1. The maximum absolute atomic E-state index is 12.4. The van der Waals surface area contributed by atoms with E-state index in [1.165, 1.54) is 0 Å². The number of esters is 1. The fourth-order valence-electron chi connectivity index (χ4n) is 2.94. The minimum atomic E-state index is -0.811. The van der Waals surface area contributed by atoms with E-state index >= 15 is 0 Å². The van der Waals surface area contributed by atoms with Gasteiger partial charge in [-0.05, 0) is 36.8 Å². The fraction of sp³-hybridized carbons (Fsp3) is 0.429. The zero-order valence-electron chi connectivity index (χ0n) is 15.9. The van der Waals surface area contributed by atoms with Gasteiger partial charge in [0.1, 0.15) is 5.75 Å². The van der Waals surface area contributed by atoms with Crippen LogP contribution in [0.4, 0.5) is 0 Å². The Morgan fingerprint density at radius 2 is 2.00 bits per heavy atom. The Morgan fingerprint density at radius 3 is 2.62 bits per heavy atom. The average molecular weight is 357 g/mol. The number of unbranched alkanes of at least 4 members (excludes halogenated alkanes) is 1. The Hall–Kier alpha value is -2.56. The molecule has 2 rings (SSSR count). The minimum Gasteiger partial charge on any atom is -0.506 e. The third-order valence-corrected chi connectivity index (χ3v) is 4.37. The van der Waals surface area contributed by atoms with Gasteiger partial charge in [0, 0.05) is 11.3 Å². The molecule has 2 aromatic rings. The van der Waals surface area contributed by atoms with Crippen LogP contribution < -0.4 is 5.56 Å². The normalized spacial score (nSPS) is 11.0. The molecule has 26 heavy (non-hydrogen) atoms. The van der Waals surface area contributed by atoms with Gasteiger partial charge in [0.2, 0.25) is 0 Å². The zero-order valence-corrected chi connectivity index (χ0v) is 15.9. The Balaban J connectivity index is 2.71. The number of rotatable bonds is 7. The minimum absolute atomic E-state index is 0.132. The predicted molar refractivity (Wildman–Crippen MR) is 103 cm³/mol. The molecule has 1 aromatic heterocycles. The Kier molecular flexibility index (Phi) is 6.61. The molecule has 5 nitrogen and oxygen atoms in total. The molecule has 0 radical (unpaired) electrons. The number of hydrogen-bond acceptors (Lipinski definition) is 4. The summed E-state index contributed by atoms with van der Waals surface area (Å²) >= 11 is 0. The second-order valence-corrected chi connectivity index (χ2v) is 6.64. The number of pyridine rings is 1. The Bertz CT molecular complexity index is 836. The molecule has 0 saturated carbocycles. The van der Waals surface area contributed by atoms with Crippen molar-refractivity contribution < 1.29 is 14.6 Å². The van der Waals surface area contributed by atoms with Crippen LogP contribution in [0, 0.1) is 0 Å². The molecule has 0 unspecified atom stereocenters. The van der Waals surface area contributed by atoms with Gasteiger partial charge >= 0.3 is 5.97 Å². The number of carbonyl (C=O) groups is 1. The van der Waals surface area contributed by atoms with Gasteiger partial charge in [0.05, 0.1) is 6.61 Å². The topological polar surface area (TPSA) is 79.4 Å². The molecular weight excluding hydrogens is 330 g/mol. The average Bonchev–Trinajstić information content (AvgIpc) is 2.60. The largest absolute Gasteiger partial charge is 0.506 e. The molecular formula is C21H27NO4. The van der Waals surface area contributed by atoms with E-state index in [1.54, 1.807) is 6.92 Å². The van der Waals surface area contributed by atoms with Crippen molar-refractivity contribution in [3.63, 3.8) is 0 Å². The first-order valence-electron chi connectivity index (χ1n) is 9.16. The lowest BCUT2D eigenvalue weighted by Crippen LogP contribution is -2.22. The van der Waals surface area contributed by atoms with Crippen LogP contribution in [0.5, 0.6) is 5.75 Å². The van der Waals surface area contributed by atoms with E-state index in [0.29, 0.717) is 23.6 Å². The molecule has 0 saturated heterocycles. The molecule has 0 amide bonds. The number of hydrogen-bond donors (Lipinski definition) is 2. The van der Waals surface area contributed by atoms with Crippen LogP contribution in [0.25, 0.3) is 11.1 Å². The number of aromatic amines is 1. The zero-order chi connectivity index (χ0) is 19.3. The van der Waals surface area contributed by atoms with Crippen LogP contribution in [0.15, 0.2) is 29.1 Å². The molecule has 0 aliphatic carbocycles. The second-order valence-electron chi connectivity index (χ2n) is 6.64. The van der Waals surface area contributed by atoms with E-state index in [-0.39, 0.29) is 17.9 Å². The van der Waals surface area contributed by atoms with Crippen molar-refractivity contribution in [3.05, 3.63) is 51.4 Å². The first-order chi connectivity index (χ1) is 12.4. The van der Waals surface area contributed by atoms with Crippen molar-refractivity contribution >= 4 is 5.97 Å². The van der Waals surface area contributed by atoms with Crippen LogP contribution >= 0.6 is 0 Å². The summed E-state index contributed by atoms with van der Waals surface area (Å²) in [5, 5.41) is 10.8. The van der Waals surface area contributed by atoms with Gasteiger partial charge in [-0.2, -0.15) is 0 Å². The number of aryl methyl sites for hydroxylation is 1. The highest BCUT2D eigenvalue weighted by atomic mass is 16.5. The summed E-state index contributed by atoms with van der Waals surface area (Å²) in [4.78, 5) is 27.3. The summed E-state index contributed by atoms with van der Waals surface area (Å²) in [5.74, 6) is -0.794.